The average Bonchev–Trinajstić information content (AvgIpc) is 3.76. The van der Waals surface area contributed by atoms with Gasteiger partial charge < -0.3 is 0 Å². The van der Waals surface area contributed by atoms with E-state index in [1.54, 1.807) is 0 Å². The summed E-state index contributed by atoms with van der Waals surface area (Å²) < 4.78 is 2.67. The maximum Gasteiger partial charge on any atom is 0.0455 e. The lowest BCUT2D eigenvalue weighted by molar-refractivity contribution is 1.33. The fourth-order valence-electron chi connectivity index (χ4n) is 4.85. The molecular weight excluding hydrogens is 541 g/mol. The summed E-state index contributed by atoms with van der Waals surface area (Å²) in [6.07, 6.45) is 7.42. The molecule has 6 aromatic heterocycles. The fourth-order valence-corrected chi connectivity index (χ4v) is 9.22. The average molecular weight is 559 g/mol. The highest BCUT2D eigenvalue weighted by Crippen LogP contribution is 2.44. The monoisotopic (exact) mass is 558 g/mol. The van der Waals surface area contributed by atoms with Gasteiger partial charge in [-0.1, -0.05) is 0 Å². The van der Waals surface area contributed by atoms with Crippen molar-refractivity contribution in [2.75, 3.05) is 0 Å². The zero-order valence-corrected chi connectivity index (χ0v) is 23.2. The fraction of sp³-hybridized carbons (Fsp3) is 0. The van der Waals surface area contributed by atoms with E-state index >= 15 is 0 Å². The second-order valence-electron chi connectivity index (χ2n) is 9.15. The minimum atomic E-state index is 1.22. The molecule has 2 nitrogen and oxygen atoms in total. The van der Waals surface area contributed by atoms with Crippen LogP contribution in [-0.2, 0) is 0 Å². The van der Waals surface area contributed by atoms with E-state index in [1.807, 2.05) is 70.1 Å². The molecule has 8 rings (SSSR count). The van der Waals surface area contributed by atoms with Gasteiger partial charge in [0.15, 0.2) is 0 Å². The van der Waals surface area contributed by atoms with Gasteiger partial charge in [-0.15, -0.1) is 45.3 Å². The molecule has 0 aliphatic rings. The van der Waals surface area contributed by atoms with Gasteiger partial charge in [0.25, 0.3) is 0 Å². The molecule has 0 saturated heterocycles. The van der Waals surface area contributed by atoms with Crippen molar-refractivity contribution in [2.24, 2.45) is 0 Å². The molecule has 0 aliphatic carbocycles. The Balaban J connectivity index is 1.15. The van der Waals surface area contributed by atoms with Crippen LogP contribution in [0.15, 0.2) is 110 Å². The van der Waals surface area contributed by atoms with Crippen molar-refractivity contribution in [3.05, 3.63) is 110 Å². The molecule has 0 amide bonds. The standard InChI is InChI=1S/C32H18N2S4/c1-3-27(35-25(1)19-5-9-33-10-6-19)31-17-23-13-21-16-30-24(14-22(21)15-29(23)37-31)18-32(38-30)28-4-2-26(36-28)20-7-11-34-12-8-20/h1-18H. The summed E-state index contributed by atoms with van der Waals surface area (Å²) in [5.74, 6) is 0. The first-order valence-corrected chi connectivity index (χ1v) is 15.5. The van der Waals surface area contributed by atoms with E-state index in [0.29, 0.717) is 0 Å². The molecule has 6 heterocycles. The van der Waals surface area contributed by atoms with Crippen LogP contribution in [0.5, 0.6) is 0 Å². The Morgan fingerprint density at radius 3 is 1.21 bits per heavy atom. The molecule has 6 heteroatoms. The summed E-state index contributed by atoms with van der Waals surface area (Å²) in [7, 11) is 0. The largest absolute Gasteiger partial charge is 0.265 e. The molecule has 38 heavy (non-hydrogen) atoms. The van der Waals surface area contributed by atoms with Crippen molar-refractivity contribution in [3.8, 4) is 40.4 Å². The quantitative estimate of drug-likeness (QED) is 0.215. The SMILES string of the molecule is c1cc(-c2ccc(-c3cc4cc5cc6sc(-c7ccc(-c8ccncc8)s7)cc6cc5cc4s3)s2)ccn1. The molecule has 180 valence electrons. The van der Waals surface area contributed by atoms with Gasteiger partial charge in [-0.05, 0) is 118 Å². The summed E-state index contributed by atoms with van der Waals surface area (Å²) >= 11 is 7.45. The molecule has 0 radical (unpaired) electrons. The Labute approximate surface area is 235 Å². The molecular formula is C32H18N2S4. The number of aromatic nitrogens is 2. The lowest BCUT2D eigenvalue weighted by Gasteiger charge is -1.99. The maximum absolute atomic E-state index is 4.15. The number of hydrogen-bond donors (Lipinski definition) is 0. The van der Waals surface area contributed by atoms with Crippen LogP contribution in [0.25, 0.3) is 71.3 Å². The van der Waals surface area contributed by atoms with Crippen LogP contribution in [0.4, 0.5) is 0 Å². The van der Waals surface area contributed by atoms with Crippen molar-refractivity contribution >= 4 is 76.3 Å². The maximum atomic E-state index is 4.15. The summed E-state index contributed by atoms with van der Waals surface area (Å²) in [5.41, 5.74) is 2.44. The molecule has 0 N–H and O–H groups in total. The Morgan fingerprint density at radius 1 is 0.342 bits per heavy atom. The van der Waals surface area contributed by atoms with Crippen LogP contribution < -0.4 is 0 Å². The Morgan fingerprint density at radius 2 is 0.763 bits per heavy atom. The van der Waals surface area contributed by atoms with E-state index in [9.17, 15) is 0 Å². The van der Waals surface area contributed by atoms with Crippen LogP contribution in [-0.4, -0.2) is 9.97 Å². The Bertz CT molecular complexity index is 1860. The third kappa shape index (κ3) is 3.89. The molecule has 2 aromatic carbocycles. The number of thiophene rings is 4. The van der Waals surface area contributed by atoms with Crippen molar-refractivity contribution in [3.63, 3.8) is 0 Å². The number of pyridine rings is 2. The highest BCUT2D eigenvalue weighted by molar-refractivity contribution is 7.27. The minimum absolute atomic E-state index is 1.22. The lowest BCUT2D eigenvalue weighted by Crippen LogP contribution is -1.72. The summed E-state index contributed by atoms with van der Waals surface area (Å²) in [6, 6.07) is 31.3. The minimum Gasteiger partial charge on any atom is -0.265 e. The van der Waals surface area contributed by atoms with E-state index in [-0.39, 0.29) is 0 Å². The normalized spacial score (nSPS) is 11.7. The number of hydrogen-bond acceptors (Lipinski definition) is 6. The van der Waals surface area contributed by atoms with E-state index in [0.717, 1.165) is 0 Å². The lowest BCUT2D eigenvalue weighted by atomic mass is 10.1. The van der Waals surface area contributed by atoms with Crippen LogP contribution in [0.3, 0.4) is 0 Å². The van der Waals surface area contributed by atoms with Gasteiger partial charge in [0.05, 0.1) is 0 Å². The predicted octanol–water partition coefficient (Wildman–Crippen LogP) is 10.9. The van der Waals surface area contributed by atoms with Gasteiger partial charge in [0.1, 0.15) is 0 Å². The van der Waals surface area contributed by atoms with Gasteiger partial charge in [-0.25, -0.2) is 0 Å². The first-order valence-electron chi connectivity index (χ1n) is 12.2. The van der Waals surface area contributed by atoms with Crippen molar-refractivity contribution in [1.29, 1.82) is 0 Å². The highest BCUT2D eigenvalue weighted by atomic mass is 32.1. The van der Waals surface area contributed by atoms with Crippen molar-refractivity contribution < 1.29 is 0 Å². The van der Waals surface area contributed by atoms with Crippen LogP contribution in [0, 0.1) is 0 Å². The molecule has 0 bridgehead atoms. The first kappa shape index (κ1) is 22.3. The van der Waals surface area contributed by atoms with Crippen LogP contribution >= 0.6 is 45.3 Å². The zero-order chi connectivity index (χ0) is 25.1. The number of rotatable bonds is 4. The number of benzene rings is 2. The van der Waals surface area contributed by atoms with Crippen molar-refractivity contribution in [1.82, 2.24) is 9.97 Å². The highest BCUT2D eigenvalue weighted by Gasteiger charge is 2.12. The van der Waals surface area contributed by atoms with Crippen LogP contribution in [0.2, 0.25) is 0 Å². The van der Waals surface area contributed by atoms with E-state index < -0.39 is 0 Å². The molecule has 0 fully saturated rings. The number of nitrogens with zero attached hydrogens (tertiary/aromatic N) is 2. The second-order valence-corrected chi connectivity index (χ2v) is 13.5. The van der Waals surface area contributed by atoms with E-state index in [4.69, 9.17) is 0 Å². The molecule has 8 aromatic rings. The van der Waals surface area contributed by atoms with Crippen molar-refractivity contribution in [2.45, 2.75) is 0 Å². The van der Waals surface area contributed by atoms with Gasteiger partial charge in [-0.2, -0.15) is 0 Å². The van der Waals surface area contributed by atoms with E-state index in [2.05, 4.69) is 94.9 Å². The number of fused-ring (bicyclic) bond motifs is 3. The molecule has 0 saturated carbocycles. The van der Waals surface area contributed by atoms with Gasteiger partial charge in [0.2, 0.25) is 0 Å². The van der Waals surface area contributed by atoms with E-state index in [1.165, 1.54) is 71.3 Å². The first-order chi connectivity index (χ1) is 18.8. The summed E-state index contributed by atoms with van der Waals surface area (Å²) in [4.78, 5) is 16.1. The smallest absolute Gasteiger partial charge is 0.0455 e. The molecule has 0 unspecified atom stereocenters. The Hall–Kier alpha value is -3.68. The predicted molar refractivity (Wildman–Crippen MR) is 168 cm³/mol. The zero-order valence-electron chi connectivity index (χ0n) is 19.9. The van der Waals surface area contributed by atoms with Gasteiger partial charge in [0, 0.05) is 63.5 Å². The molecule has 0 atom stereocenters. The third-order valence-corrected chi connectivity index (χ3v) is 11.6. The van der Waals surface area contributed by atoms with Gasteiger partial charge >= 0.3 is 0 Å². The molecule has 0 aliphatic heterocycles. The summed E-state index contributed by atoms with van der Waals surface area (Å²) in [5, 5.41) is 5.23. The van der Waals surface area contributed by atoms with Gasteiger partial charge in [-0.3, -0.25) is 9.97 Å². The molecule has 0 spiro atoms. The topological polar surface area (TPSA) is 25.8 Å². The Kier molecular flexibility index (Phi) is 5.26. The summed E-state index contributed by atoms with van der Waals surface area (Å²) in [6.45, 7) is 0. The second kappa shape index (κ2) is 8.96. The van der Waals surface area contributed by atoms with Crippen LogP contribution in [0.1, 0.15) is 0 Å². The third-order valence-electron chi connectivity index (χ3n) is 6.74.